The SMILES string of the molecule is COC(=O)[C@H]1CN(C(=O)CCCCCNC(N)=O)CCS1. The molecule has 1 aliphatic heterocycles. The molecule has 0 saturated carbocycles. The van der Waals surface area contributed by atoms with Gasteiger partial charge in [-0.25, -0.2) is 4.79 Å². The zero-order valence-electron chi connectivity index (χ0n) is 12.3. The molecule has 0 unspecified atom stereocenters. The van der Waals surface area contributed by atoms with Gasteiger partial charge in [-0.05, 0) is 12.8 Å². The van der Waals surface area contributed by atoms with Gasteiger partial charge >= 0.3 is 12.0 Å². The molecule has 120 valence electrons. The van der Waals surface area contributed by atoms with Gasteiger partial charge in [0, 0.05) is 31.8 Å². The Hall–Kier alpha value is -1.44. The second-order valence-corrected chi connectivity index (χ2v) is 6.13. The predicted octanol–water partition coefficient (Wildman–Crippen LogP) is 0.332. The Morgan fingerprint density at radius 2 is 2.10 bits per heavy atom. The third-order valence-corrected chi connectivity index (χ3v) is 4.41. The van der Waals surface area contributed by atoms with Crippen molar-refractivity contribution in [2.45, 2.75) is 30.9 Å². The molecular weight excluding hydrogens is 294 g/mol. The molecule has 0 aromatic carbocycles. The van der Waals surface area contributed by atoms with E-state index in [2.05, 4.69) is 5.32 Å². The molecule has 0 aromatic rings. The van der Waals surface area contributed by atoms with Crippen molar-refractivity contribution in [3.8, 4) is 0 Å². The largest absolute Gasteiger partial charge is 0.468 e. The van der Waals surface area contributed by atoms with E-state index in [1.54, 1.807) is 4.90 Å². The molecule has 0 aliphatic carbocycles. The summed E-state index contributed by atoms with van der Waals surface area (Å²) in [5.74, 6) is 0.565. The van der Waals surface area contributed by atoms with Gasteiger partial charge in [0.1, 0.15) is 5.25 Å². The number of rotatable bonds is 7. The number of ether oxygens (including phenoxy) is 1. The number of esters is 1. The standard InChI is InChI=1S/C13H23N3O4S/c1-20-12(18)10-9-16(7-8-21-10)11(17)5-3-2-4-6-15-13(14)19/h10H,2-9H2,1H3,(H3,14,15,19)/t10-/m1/s1. The third kappa shape index (κ3) is 6.70. The monoisotopic (exact) mass is 317 g/mol. The van der Waals surface area contributed by atoms with Crippen molar-refractivity contribution < 1.29 is 19.1 Å². The summed E-state index contributed by atoms with van der Waals surface area (Å²) in [6.07, 6.45) is 2.90. The van der Waals surface area contributed by atoms with Crippen LogP contribution in [0.25, 0.3) is 0 Å². The van der Waals surface area contributed by atoms with Crippen molar-refractivity contribution in [1.82, 2.24) is 10.2 Å². The highest BCUT2D eigenvalue weighted by Crippen LogP contribution is 2.20. The maximum Gasteiger partial charge on any atom is 0.320 e. The highest BCUT2D eigenvalue weighted by atomic mass is 32.2. The number of hydrogen-bond acceptors (Lipinski definition) is 5. The van der Waals surface area contributed by atoms with Gasteiger partial charge in [0.15, 0.2) is 0 Å². The van der Waals surface area contributed by atoms with Crippen LogP contribution in [-0.4, -0.2) is 60.6 Å². The number of thioether (sulfide) groups is 1. The number of nitrogens with zero attached hydrogens (tertiary/aromatic N) is 1. The van der Waals surface area contributed by atoms with E-state index in [4.69, 9.17) is 10.5 Å². The van der Waals surface area contributed by atoms with Gasteiger partial charge in [-0.15, -0.1) is 11.8 Å². The van der Waals surface area contributed by atoms with Crippen LogP contribution in [0.2, 0.25) is 0 Å². The summed E-state index contributed by atoms with van der Waals surface area (Å²) in [6, 6.07) is -0.522. The van der Waals surface area contributed by atoms with E-state index < -0.39 is 6.03 Å². The Morgan fingerprint density at radius 3 is 2.76 bits per heavy atom. The van der Waals surface area contributed by atoms with Crippen LogP contribution in [0.15, 0.2) is 0 Å². The zero-order valence-corrected chi connectivity index (χ0v) is 13.1. The fraction of sp³-hybridized carbons (Fsp3) is 0.769. The second-order valence-electron chi connectivity index (χ2n) is 4.82. The lowest BCUT2D eigenvalue weighted by molar-refractivity contribution is -0.141. The lowest BCUT2D eigenvalue weighted by Gasteiger charge is -2.31. The molecule has 0 spiro atoms. The van der Waals surface area contributed by atoms with E-state index >= 15 is 0 Å². The number of amides is 3. The van der Waals surface area contributed by atoms with Crippen molar-refractivity contribution in [2.24, 2.45) is 5.73 Å². The Morgan fingerprint density at radius 1 is 1.33 bits per heavy atom. The first kappa shape index (κ1) is 17.6. The van der Waals surface area contributed by atoms with Crippen LogP contribution in [0.3, 0.4) is 0 Å². The fourth-order valence-corrected chi connectivity index (χ4v) is 3.23. The maximum atomic E-state index is 12.1. The molecule has 1 fully saturated rings. The highest BCUT2D eigenvalue weighted by molar-refractivity contribution is 8.00. The Balaban J connectivity index is 2.19. The Labute approximate surface area is 128 Å². The number of hydrogen-bond donors (Lipinski definition) is 2. The molecule has 1 atom stereocenters. The van der Waals surface area contributed by atoms with Crippen LogP contribution < -0.4 is 11.1 Å². The molecular formula is C13H23N3O4S. The molecule has 0 radical (unpaired) electrons. The zero-order chi connectivity index (χ0) is 15.7. The molecule has 21 heavy (non-hydrogen) atoms. The van der Waals surface area contributed by atoms with Crippen molar-refractivity contribution in [3.05, 3.63) is 0 Å². The van der Waals surface area contributed by atoms with Crippen LogP contribution in [0, 0.1) is 0 Å². The van der Waals surface area contributed by atoms with E-state index in [0.29, 0.717) is 26.1 Å². The van der Waals surface area contributed by atoms with E-state index in [9.17, 15) is 14.4 Å². The van der Waals surface area contributed by atoms with E-state index in [1.165, 1.54) is 18.9 Å². The molecule has 3 N–H and O–H groups in total. The minimum Gasteiger partial charge on any atom is -0.468 e. The number of unbranched alkanes of at least 4 members (excludes halogenated alkanes) is 2. The summed E-state index contributed by atoms with van der Waals surface area (Å²) in [5, 5.41) is 2.24. The molecule has 1 saturated heterocycles. The van der Waals surface area contributed by atoms with Crippen LogP contribution in [-0.2, 0) is 14.3 Å². The first-order chi connectivity index (χ1) is 10.0. The first-order valence-electron chi connectivity index (χ1n) is 7.05. The molecule has 1 aliphatic rings. The first-order valence-corrected chi connectivity index (χ1v) is 8.10. The maximum absolute atomic E-state index is 12.1. The smallest absolute Gasteiger partial charge is 0.320 e. The molecule has 1 heterocycles. The summed E-state index contributed by atoms with van der Waals surface area (Å²) >= 11 is 1.53. The molecule has 7 nitrogen and oxygen atoms in total. The van der Waals surface area contributed by atoms with Crippen LogP contribution >= 0.6 is 11.8 Å². The summed E-state index contributed by atoms with van der Waals surface area (Å²) < 4.78 is 4.72. The number of nitrogens with two attached hydrogens (primary N) is 1. The topological polar surface area (TPSA) is 102 Å². The van der Waals surface area contributed by atoms with Crippen molar-refractivity contribution >= 4 is 29.7 Å². The average molecular weight is 317 g/mol. The molecule has 0 bridgehead atoms. The summed E-state index contributed by atoms with van der Waals surface area (Å²) in [6.45, 7) is 1.65. The molecule has 8 heteroatoms. The van der Waals surface area contributed by atoms with E-state index in [-0.39, 0.29) is 17.1 Å². The van der Waals surface area contributed by atoms with E-state index in [1.807, 2.05) is 0 Å². The lowest BCUT2D eigenvalue weighted by Crippen LogP contribution is -2.44. The number of primary amides is 1. The highest BCUT2D eigenvalue weighted by Gasteiger charge is 2.29. The van der Waals surface area contributed by atoms with Crippen molar-refractivity contribution in [3.63, 3.8) is 0 Å². The van der Waals surface area contributed by atoms with Gasteiger partial charge in [0.2, 0.25) is 5.91 Å². The molecule has 1 rings (SSSR count). The average Bonchev–Trinajstić information content (AvgIpc) is 2.49. The molecule has 0 aromatic heterocycles. The Kier molecular flexibility index (Phi) is 7.96. The summed E-state index contributed by atoms with van der Waals surface area (Å²) in [5.41, 5.74) is 4.95. The predicted molar refractivity (Wildman–Crippen MR) is 80.9 cm³/mol. The summed E-state index contributed by atoms with van der Waals surface area (Å²) in [4.78, 5) is 35.8. The van der Waals surface area contributed by atoms with E-state index in [0.717, 1.165) is 25.0 Å². The van der Waals surface area contributed by atoms with Gasteiger partial charge < -0.3 is 20.7 Å². The number of carbonyl (C=O) groups excluding carboxylic acids is 3. The quantitative estimate of drug-likeness (QED) is 0.520. The second kappa shape index (κ2) is 9.49. The number of carbonyl (C=O) groups is 3. The van der Waals surface area contributed by atoms with Gasteiger partial charge in [-0.2, -0.15) is 0 Å². The van der Waals surface area contributed by atoms with Gasteiger partial charge in [-0.1, -0.05) is 6.42 Å². The van der Waals surface area contributed by atoms with Crippen LogP contribution in [0.1, 0.15) is 25.7 Å². The van der Waals surface area contributed by atoms with Gasteiger partial charge in [0.25, 0.3) is 0 Å². The van der Waals surface area contributed by atoms with Gasteiger partial charge in [0.05, 0.1) is 7.11 Å². The van der Waals surface area contributed by atoms with Crippen molar-refractivity contribution in [2.75, 3.05) is 32.5 Å². The van der Waals surface area contributed by atoms with Gasteiger partial charge in [-0.3, -0.25) is 9.59 Å². The lowest BCUT2D eigenvalue weighted by atomic mass is 10.1. The third-order valence-electron chi connectivity index (χ3n) is 3.25. The number of methoxy groups -OCH3 is 1. The number of urea groups is 1. The van der Waals surface area contributed by atoms with Crippen molar-refractivity contribution in [1.29, 1.82) is 0 Å². The van der Waals surface area contributed by atoms with Crippen LogP contribution in [0.5, 0.6) is 0 Å². The summed E-state index contributed by atoms with van der Waals surface area (Å²) in [7, 11) is 1.36. The minimum atomic E-state index is -0.522. The fourth-order valence-electron chi connectivity index (χ4n) is 2.10. The minimum absolute atomic E-state index is 0.0760. The Bertz CT molecular complexity index is 378. The molecule has 3 amide bonds. The van der Waals surface area contributed by atoms with Crippen LogP contribution in [0.4, 0.5) is 4.79 Å². The number of nitrogens with one attached hydrogen (secondary N) is 1. The normalized spacial score (nSPS) is 18.1.